The smallest absolute Gasteiger partial charge is 0.321 e. The second-order valence-electron chi connectivity index (χ2n) is 7.07. The number of hydrogen-bond acceptors (Lipinski definition) is 5. The molecule has 0 saturated carbocycles. The zero-order chi connectivity index (χ0) is 21.7. The van der Waals surface area contributed by atoms with Gasteiger partial charge in [0.05, 0.1) is 4.90 Å². The van der Waals surface area contributed by atoms with Gasteiger partial charge in [0, 0.05) is 25.7 Å². The van der Waals surface area contributed by atoms with E-state index in [1.807, 2.05) is 4.90 Å². The predicted molar refractivity (Wildman–Crippen MR) is 108 cm³/mol. The van der Waals surface area contributed by atoms with Gasteiger partial charge >= 0.3 is 5.97 Å². The Morgan fingerprint density at radius 1 is 1.03 bits per heavy atom. The van der Waals surface area contributed by atoms with Gasteiger partial charge in [0.25, 0.3) is 5.91 Å². The summed E-state index contributed by atoms with van der Waals surface area (Å²) in [6.07, 6.45) is 2.04. The molecule has 7 nitrogen and oxygen atoms in total. The van der Waals surface area contributed by atoms with Gasteiger partial charge < -0.3 is 9.64 Å². The van der Waals surface area contributed by atoms with E-state index in [0.29, 0.717) is 11.1 Å². The average Bonchev–Trinajstić information content (AvgIpc) is 3.27. The summed E-state index contributed by atoms with van der Waals surface area (Å²) in [6.45, 7) is 1.02. The number of amides is 1. The molecule has 30 heavy (non-hydrogen) atoms. The van der Waals surface area contributed by atoms with Crippen LogP contribution in [0.4, 0.5) is 4.39 Å². The van der Waals surface area contributed by atoms with Crippen LogP contribution in [0, 0.1) is 5.82 Å². The van der Waals surface area contributed by atoms with Crippen molar-refractivity contribution in [2.45, 2.75) is 24.3 Å². The van der Waals surface area contributed by atoms with E-state index in [1.165, 1.54) is 7.05 Å². The van der Waals surface area contributed by atoms with Crippen LogP contribution in [0.25, 0.3) is 0 Å². The third-order valence-corrected chi connectivity index (χ3v) is 6.69. The minimum absolute atomic E-state index is 0.0105. The van der Waals surface area contributed by atoms with Crippen LogP contribution in [0.1, 0.15) is 28.8 Å². The van der Waals surface area contributed by atoms with E-state index in [1.54, 1.807) is 24.3 Å². The fourth-order valence-corrected chi connectivity index (χ4v) is 4.22. The van der Waals surface area contributed by atoms with Crippen molar-refractivity contribution in [2.24, 2.45) is 0 Å². The Balaban J connectivity index is 1.52. The van der Waals surface area contributed by atoms with Crippen LogP contribution in [-0.2, 0) is 26.2 Å². The minimum atomic E-state index is -3.93. The lowest BCUT2D eigenvalue weighted by Crippen LogP contribution is -2.33. The van der Waals surface area contributed by atoms with Crippen LogP contribution >= 0.6 is 0 Å². The van der Waals surface area contributed by atoms with Crippen molar-refractivity contribution < 1.29 is 27.1 Å². The van der Waals surface area contributed by atoms with Crippen molar-refractivity contribution in [3.8, 4) is 0 Å². The van der Waals surface area contributed by atoms with Crippen molar-refractivity contribution in [1.82, 2.24) is 9.21 Å². The lowest BCUT2D eigenvalue weighted by Gasteiger charge is -2.17. The Bertz CT molecular complexity index is 1000. The summed E-state index contributed by atoms with van der Waals surface area (Å²) in [4.78, 5) is 26.1. The van der Waals surface area contributed by atoms with Crippen molar-refractivity contribution in [3.05, 3.63) is 65.5 Å². The Labute approximate surface area is 175 Å². The highest BCUT2D eigenvalue weighted by Crippen LogP contribution is 2.16. The summed E-state index contributed by atoms with van der Waals surface area (Å²) in [5.41, 5.74) is 1.27. The van der Waals surface area contributed by atoms with Crippen LogP contribution in [0.3, 0.4) is 0 Å². The Morgan fingerprint density at radius 2 is 1.63 bits per heavy atom. The molecule has 0 bridgehead atoms. The van der Waals surface area contributed by atoms with Gasteiger partial charge in [-0.1, -0.05) is 12.1 Å². The van der Waals surface area contributed by atoms with E-state index in [0.717, 1.165) is 54.5 Å². The van der Waals surface area contributed by atoms with Gasteiger partial charge in [-0.3, -0.25) is 9.59 Å². The molecule has 0 aliphatic carbocycles. The number of benzene rings is 2. The normalized spacial score (nSPS) is 14.2. The maximum absolute atomic E-state index is 13.0. The molecule has 1 aliphatic heterocycles. The fraction of sp³-hybridized carbons (Fsp3) is 0.333. The van der Waals surface area contributed by atoms with Crippen molar-refractivity contribution >= 4 is 21.9 Å². The first kappa shape index (κ1) is 21.9. The summed E-state index contributed by atoms with van der Waals surface area (Å²) in [5, 5.41) is 0. The molecule has 1 saturated heterocycles. The van der Waals surface area contributed by atoms with Crippen molar-refractivity contribution in [3.63, 3.8) is 0 Å². The van der Waals surface area contributed by atoms with Gasteiger partial charge in [0.15, 0.2) is 0 Å². The predicted octanol–water partition coefficient (Wildman–Crippen LogP) is 2.43. The summed E-state index contributed by atoms with van der Waals surface area (Å²) >= 11 is 0. The van der Waals surface area contributed by atoms with E-state index in [4.69, 9.17) is 4.74 Å². The number of likely N-dealkylation sites (N-methyl/N-ethyl adjacent to an activating group) is 1. The van der Waals surface area contributed by atoms with Gasteiger partial charge in [-0.25, -0.2) is 12.8 Å². The number of ether oxygens (including phenoxy) is 1. The highest BCUT2D eigenvalue weighted by Gasteiger charge is 2.24. The first-order valence-corrected chi connectivity index (χ1v) is 11.0. The molecule has 1 fully saturated rings. The molecular weight excluding hydrogens is 411 g/mol. The van der Waals surface area contributed by atoms with Gasteiger partial charge in [0.2, 0.25) is 10.0 Å². The number of carbonyl (C=O) groups is 2. The molecule has 0 spiro atoms. The SMILES string of the molecule is CN(CC(=O)OCc1ccc(C(=O)N2CCCC2)cc1)S(=O)(=O)c1ccc(F)cc1. The number of rotatable bonds is 7. The monoisotopic (exact) mass is 434 g/mol. The number of sulfonamides is 1. The van der Waals surface area contributed by atoms with Crippen LogP contribution < -0.4 is 0 Å². The average molecular weight is 434 g/mol. The largest absolute Gasteiger partial charge is 0.460 e. The van der Waals surface area contributed by atoms with E-state index >= 15 is 0 Å². The molecule has 160 valence electrons. The molecule has 1 heterocycles. The lowest BCUT2D eigenvalue weighted by molar-refractivity contribution is -0.144. The van der Waals surface area contributed by atoms with Gasteiger partial charge in [-0.15, -0.1) is 0 Å². The number of hydrogen-bond donors (Lipinski definition) is 0. The highest BCUT2D eigenvalue weighted by atomic mass is 32.2. The van der Waals surface area contributed by atoms with Crippen LogP contribution in [-0.4, -0.2) is 56.2 Å². The zero-order valence-electron chi connectivity index (χ0n) is 16.6. The van der Waals surface area contributed by atoms with Crippen molar-refractivity contribution in [2.75, 3.05) is 26.7 Å². The number of likely N-dealkylation sites (tertiary alicyclic amines) is 1. The topological polar surface area (TPSA) is 84.0 Å². The summed E-state index contributed by atoms with van der Waals surface area (Å²) < 4.78 is 43.8. The second kappa shape index (κ2) is 9.36. The Hall–Kier alpha value is -2.78. The van der Waals surface area contributed by atoms with E-state index in [2.05, 4.69) is 0 Å². The Morgan fingerprint density at radius 3 is 2.23 bits per heavy atom. The number of halogens is 1. The maximum atomic E-state index is 13.0. The summed E-state index contributed by atoms with van der Waals surface area (Å²) in [6, 6.07) is 11.1. The van der Waals surface area contributed by atoms with Crippen LogP contribution in [0.15, 0.2) is 53.4 Å². The quantitative estimate of drug-likeness (QED) is 0.625. The molecule has 0 atom stereocenters. The Kier molecular flexibility index (Phi) is 6.84. The van der Waals surface area contributed by atoms with Gasteiger partial charge in [-0.05, 0) is 54.8 Å². The van der Waals surface area contributed by atoms with Crippen molar-refractivity contribution in [1.29, 1.82) is 0 Å². The van der Waals surface area contributed by atoms with E-state index < -0.39 is 28.4 Å². The molecular formula is C21H23FN2O5S. The fourth-order valence-electron chi connectivity index (χ4n) is 3.11. The molecule has 0 unspecified atom stereocenters. The van der Waals surface area contributed by atoms with Crippen LogP contribution in [0.2, 0.25) is 0 Å². The number of nitrogens with zero attached hydrogens (tertiary/aromatic N) is 2. The molecule has 0 aromatic heterocycles. The van der Waals surface area contributed by atoms with E-state index in [9.17, 15) is 22.4 Å². The lowest BCUT2D eigenvalue weighted by atomic mass is 10.1. The first-order valence-electron chi connectivity index (χ1n) is 9.53. The number of carbonyl (C=O) groups excluding carboxylic acids is 2. The highest BCUT2D eigenvalue weighted by molar-refractivity contribution is 7.89. The van der Waals surface area contributed by atoms with Gasteiger partial charge in [-0.2, -0.15) is 4.31 Å². The third-order valence-electron chi connectivity index (χ3n) is 4.87. The van der Waals surface area contributed by atoms with Crippen LogP contribution in [0.5, 0.6) is 0 Å². The number of esters is 1. The standard InChI is InChI=1S/C21H23FN2O5S/c1-23(30(27,28)19-10-8-18(22)9-11-19)14-20(25)29-15-16-4-6-17(7-5-16)21(26)24-12-2-3-13-24/h4-11H,2-3,12-15H2,1H3. The second-order valence-corrected chi connectivity index (χ2v) is 9.12. The molecule has 2 aromatic carbocycles. The van der Waals surface area contributed by atoms with E-state index in [-0.39, 0.29) is 17.4 Å². The molecule has 0 N–H and O–H groups in total. The molecule has 3 rings (SSSR count). The molecule has 1 amide bonds. The zero-order valence-corrected chi connectivity index (χ0v) is 17.4. The molecule has 9 heteroatoms. The molecule has 1 aliphatic rings. The summed E-state index contributed by atoms with van der Waals surface area (Å²) in [7, 11) is -2.68. The molecule has 0 radical (unpaired) electrons. The van der Waals surface area contributed by atoms with Gasteiger partial charge in [0.1, 0.15) is 19.0 Å². The third kappa shape index (κ3) is 5.22. The maximum Gasteiger partial charge on any atom is 0.321 e. The molecule has 2 aromatic rings. The minimum Gasteiger partial charge on any atom is -0.460 e. The first-order chi connectivity index (χ1) is 14.3. The summed E-state index contributed by atoms with van der Waals surface area (Å²) in [5.74, 6) is -1.28.